The van der Waals surface area contributed by atoms with E-state index >= 15 is 0 Å². The lowest BCUT2D eigenvalue weighted by Gasteiger charge is -2.58. The van der Waals surface area contributed by atoms with Crippen LogP contribution in [-0.2, 0) is 16.4 Å². The zero-order valence-corrected chi connectivity index (χ0v) is 19.8. The molecule has 0 radical (unpaired) electrons. The number of aliphatic hydroxyl groups is 2. The summed E-state index contributed by atoms with van der Waals surface area (Å²) in [6, 6.07) is 13.2. The summed E-state index contributed by atoms with van der Waals surface area (Å²) in [7, 11) is 1.42. The summed E-state index contributed by atoms with van der Waals surface area (Å²) < 4.78 is 22.3. The van der Waals surface area contributed by atoms with Gasteiger partial charge in [0.05, 0.1) is 13.2 Å². The summed E-state index contributed by atoms with van der Waals surface area (Å²) >= 11 is 0. The van der Waals surface area contributed by atoms with Gasteiger partial charge in [0.15, 0.2) is 11.5 Å². The molecule has 1 spiro atoms. The highest BCUT2D eigenvalue weighted by Gasteiger charge is 2.65. The van der Waals surface area contributed by atoms with Gasteiger partial charge in [-0.1, -0.05) is 36.4 Å². The Balaban J connectivity index is 0.000000177. The molecule has 2 bridgehead atoms. The van der Waals surface area contributed by atoms with E-state index in [1.54, 1.807) is 37.4 Å². The molecule has 4 aliphatic rings. The van der Waals surface area contributed by atoms with Crippen molar-refractivity contribution < 1.29 is 29.1 Å². The number of hydrogen-bond donors (Lipinski definition) is 3. The van der Waals surface area contributed by atoms with Gasteiger partial charge in [0, 0.05) is 22.6 Å². The fourth-order valence-corrected chi connectivity index (χ4v) is 7.04. The summed E-state index contributed by atoms with van der Waals surface area (Å²) in [6.07, 6.45) is 3.69. The number of methoxy groups -OCH3 is 1. The van der Waals surface area contributed by atoms with Crippen LogP contribution in [0.2, 0.25) is 0 Å². The van der Waals surface area contributed by atoms with E-state index in [0.29, 0.717) is 17.5 Å². The maximum Gasteiger partial charge on any atom is 0.542 e. The molecular weight excluding hydrogens is 441 g/mol. The molecule has 2 aliphatic carbocycles. The molecule has 33 heavy (non-hydrogen) atoms. The Morgan fingerprint density at radius 3 is 2.67 bits per heavy atom. The van der Waals surface area contributed by atoms with Gasteiger partial charge in [0.25, 0.3) is 0 Å². The summed E-state index contributed by atoms with van der Waals surface area (Å²) in [4.78, 5) is 11.1. The highest BCUT2D eigenvalue weighted by molar-refractivity contribution is 7.38. The first kappa shape index (κ1) is 22.8. The van der Waals surface area contributed by atoms with Crippen molar-refractivity contribution in [2.24, 2.45) is 5.92 Å². The minimum Gasteiger partial charge on any atom is -0.493 e. The van der Waals surface area contributed by atoms with Crippen LogP contribution in [0, 0.1) is 5.92 Å². The molecule has 3 N–H and O–H groups in total. The third-order valence-corrected chi connectivity index (χ3v) is 8.79. The average Bonchev–Trinajstić information content (AvgIpc) is 3.18. The van der Waals surface area contributed by atoms with Gasteiger partial charge in [0.1, 0.15) is 6.10 Å². The van der Waals surface area contributed by atoms with Crippen molar-refractivity contribution in [1.29, 1.82) is 0 Å². The summed E-state index contributed by atoms with van der Waals surface area (Å²) in [5.74, 6) is 1.08. The van der Waals surface area contributed by atoms with E-state index in [0.717, 1.165) is 43.7 Å². The van der Waals surface area contributed by atoms with Crippen LogP contribution in [0.25, 0.3) is 0 Å². The van der Waals surface area contributed by atoms with E-state index in [-0.39, 0.29) is 17.6 Å². The van der Waals surface area contributed by atoms with Crippen molar-refractivity contribution in [3.8, 4) is 11.5 Å². The van der Waals surface area contributed by atoms with Gasteiger partial charge in [-0.05, 0) is 61.4 Å². The molecule has 2 fully saturated rings. The second-order valence-electron chi connectivity index (χ2n) is 9.55. The highest BCUT2D eigenvalue weighted by atomic mass is 31.1. The van der Waals surface area contributed by atoms with Crippen LogP contribution in [-0.4, -0.2) is 59.0 Å². The fraction of sp³-hybridized carbons (Fsp3) is 0.520. The van der Waals surface area contributed by atoms with Crippen molar-refractivity contribution >= 4 is 8.03 Å². The number of hydrogen-bond acceptors (Lipinski definition) is 6. The Bertz CT molecular complexity index is 1050. The van der Waals surface area contributed by atoms with Gasteiger partial charge < -0.3 is 24.6 Å². The number of likely N-dealkylation sites (tertiary alicyclic amines) is 1. The smallest absolute Gasteiger partial charge is 0.493 e. The quantitative estimate of drug-likeness (QED) is 0.591. The first-order chi connectivity index (χ1) is 15.9. The number of likely N-dealkylation sites (N-methyl/N-ethyl adjacent to an activating group) is 1. The van der Waals surface area contributed by atoms with E-state index in [9.17, 15) is 9.67 Å². The monoisotopic (exact) mass is 472 g/mol. The topological polar surface area (TPSA) is 99.5 Å². The lowest BCUT2D eigenvalue weighted by molar-refractivity contribution is -0.0993. The van der Waals surface area contributed by atoms with Gasteiger partial charge in [-0.15, -0.1) is 0 Å². The minimum atomic E-state index is -2.53. The van der Waals surface area contributed by atoms with E-state index in [2.05, 4.69) is 18.0 Å². The Hall–Kier alpha value is -2.02. The number of rotatable bonds is 3. The molecule has 8 heteroatoms. The number of piperidine rings is 1. The van der Waals surface area contributed by atoms with Gasteiger partial charge >= 0.3 is 13.9 Å². The van der Waals surface area contributed by atoms with E-state index in [4.69, 9.17) is 19.5 Å². The molecule has 2 aromatic carbocycles. The first-order valence-corrected chi connectivity index (χ1v) is 12.8. The summed E-state index contributed by atoms with van der Waals surface area (Å²) in [6.45, 7) is 1.09. The Morgan fingerprint density at radius 1 is 1.21 bits per heavy atom. The Kier molecular flexibility index (Phi) is 5.96. The first-order valence-electron chi connectivity index (χ1n) is 11.5. The second kappa shape index (κ2) is 8.64. The largest absolute Gasteiger partial charge is 0.542 e. The standard InChI is InChI=1S/C18H23NO3.C7H7O3P/c1-19-8-7-18-11-4-5-13(20)17(18)22-16-14(21-2)6-3-10(15(16)18)9-12(11)19;8-7(11(9)10)6-4-2-1-3-5-6/h3,6,11-13,17,20H,4-5,7-9H2,1-2H3;1-5,7-8H/p+1/t11-,12+,13-,17-,18-;/m0./s1. The highest BCUT2D eigenvalue weighted by Crippen LogP contribution is 2.63. The molecule has 7 nitrogen and oxygen atoms in total. The Morgan fingerprint density at radius 2 is 1.97 bits per heavy atom. The maximum atomic E-state index is 10.6. The van der Waals surface area contributed by atoms with Gasteiger partial charge in [0.2, 0.25) is 0 Å². The molecule has 0 aromatic heterocycles. The molecule has 1 saturated carbocycles. The van der Waals surface area contributed by atoms with E-state index in [1.165, 1.54) is 11.1 Å². The molecule has 2 unspecified atom stereocenters. The SMILES string of the molecule is COc1ccc2c3c1O[C@H]1[C@@H](O)CC[C@H]4[C@@H](C2)N(C)CC[C@@]341.O=[P+](O)C(O)c1ccccc1. The van der Waals surface area contributed by atoms with Gasteiger partial charge in [-0.25, -0.2) is 0 Å². The van der Waals surface area contributed by atoms with Crippen molar-refractivity contribution in [2.45, 2.75) is 55.2 Å². The van der Waals surface area contributed by atoms with Crippen LogP contribution in [0.3, 0.4) is 0 Å². The van der Waals surface area contributed by atoms with Crippen molar-refractivity contribution in [3.63, 3.8) is 0 Å². The number of aliphatic hydroxyl groups excluding tert-OH is 2. The normalized spacial score (nSPS) is 32.6. The summed E-state index contributed by atoms with van der Waals surface area (Å²) in [5.41, 5.74) is 3.24. The zero-order chi connectivity index (χ0) is 23.3. The fourth-order valence-electron chi connectivity index (χ4n) is 6.61. The zero-order valence-electron chi connectivity index (χ0n) is 18.9. The molecule has 0 amide bonds. The van der Waals surface area contributed by atoms with Crippen LogP contribution >= 0.6 is 8.03 Å². The predicted octanol–water partition coefficient (Wildman–Crippen LogP) is 3.14. The molecule has 1 saturated heterocycles. The number of ether oxygens (including phenoxy) is 2. The van der Waals surface area contributed by atoms with Crippen LogP contribution in [0.1, 0.15) is 41.8 Å². The van der Waals surface area contributed by atoms with E-state index < -0.39 is 13.9 Å². The third-order valence-electron chi connectivity index (χ3n) is 8.08. The van der Waals surface area contributed by atoms with Crippen molar-refractivity contribution in [2.75, 3.05) is 20.7 Å². The van der Waals surface area contributed by atoms with Crippen molar-refractivity contribution in [1.82, 2.24) is 4.90 Å². The molecule has 2 heterocycles. The predicted molar refractivity (Wildman–Crippen MR) is 124 cm³/mol. The third kappa shape index (κ3) is 3.49. The molecule has 7 atom stereocenters. The summed E-state index contributed by atoms with van der Waals surface area (Å²) in [5, 5.41) is 19.7. The number of benzene rings is 2. The average molecular weight is 472 g/mol. The van der Waals surface area contributed by atoms with Gasteiger partial charge in [-0.2, -0.15) is 4.89 Å². The Labute approximate surface area is 194 Å². The van der Waals surface area contributed by atoms with E-state index in [1.807, 2.05) is 6.07 Å². The molecule has 6 rings (SSSR count). The van der Waals surface area contributed by atoms with Crippen molar-refractivity contribution in [3.05, 3.63) is 59.2 Å². The maximum absolute atomic E-state index is 10.6. The lowest BCUT2D eigenvalue weighted by atomic mass is 9.51. The molecule has 2 aliphatic heterocycles. The van der Waals surface area contributed by atoms with Crippen LogP contribution in [0.5, 0.6) is 11.5 Å². The number of nitrogens with zero attached hydrogens (tertiary/aromatic N) is 1. The molecule has 176 valence electrons. The van der Waals surface area contributed by atoms with Crippen LogP contribution in [0.4, 0.5) is 0 Å². The molecule has 2 aromatic rings. The second-order valence-corrected chi connectivity index (χ2v) is 10.6. The minimum absolute atomic E-state index is 0.00625. The molecular formula is C25H31NO6P+. The van der Waals surface area contributed by atoms with Crippen LogP contribution in [0.15, 0.2) is 42.5 Å². The van der Waals surface area contributed by atoms with Gasteiger partial charge in [-0.3, -0.25) is 0 Å². The lowest BCUT2D eigenvalue weighted by Crippen LogP contribution is -2.66. The van der Waals surface area contributed by atoms with Crippen LogP contribution < -0.4 is 9.47 Å².